The van der Waals surface area contributed by atoms with Crippen molar-refractivity contribution in [2.75, 3.05) is 6.61 Å². The minimum Gasteiger partial charge on any atom is -0.493 e. The molecule has 1 N–H and O–H groups in total. The number of ether oxygens (including phenoxy) is 1. The van der Waals surface area contributed by atoms with E-state index < -0.39 is 6.10 Å². The van der Waals surface area contributed by atoms with Gasteiger partial charge in [0.15, 0.2) is 0 Å². The molecule has 4 heteroatoms. The zero-order valence-electron chi connectivity index (χ0n) is 10.7. The molecule has 0 aliphatic carbocycles. The van der Waals surface area contributed by atoms with Gasteiger partial charge in [0.25, 0.3) is 0 Å². The number of aliphatic hydroxyl groups is 1. The van der Waals surface area contributed by atoms with E-state index in [1.807, 2.05) is 42.1 Å². The minimum absolute atomic E-state index is 0.516. The molecule has 0 fully saturated rings. The van der Waals surface area contributed by atoms with Gasteiger partial charge in [-0.05, 0) is 19.1 Å². The number of aryl methyl sites for hydroxylation is 1. The molecule has 0 bridgehead atoms. The number of aliphatic hydroxyl groups excluding tert-OH is 1. The van der Waals surface area contributed by atoms with E-state index in [1.165, 1.54) is 0 Å². The number of para-hydroxylation sites is 1. The number of hydrogen-bond acceptors (Lipinski definition) is 3. The Morgan fingerprint density at radius 3 is 2.78 bits per heavy atom. The van der Waals surface area contributed by atoms with Crippen LogP contribution < -0.4 is 4.74 Å². The summed E-state index contributed by atoms with van der Waals surface area (Å²) in [6.07, 6.45) is 2.06. The van der Waals surface area contributed by atoms with Crippen LogP contribution in [-0.2, 0) is 13.5 Å². The smallest absolute Gasteiger partial charge is 0.125 e. The lowest BCUT2D eigenvalue weighted by Gasteiger charge is -2.13. The van der Waals surface area contributed by atoms with E-state index in [0.29, 0.717) is 6.61 Å². The van der Waals surface area contributed by atoms with Gasteiger partial charge in [0.1, 0.15) is 5.75 Å². The third kappa shape index (κ3) is 2.90. The van der Waals surface area contributed by atoms with Gasteiger partial charge in [0, 0.05) is 30.9 Å². The van der Waals surface area contributed by atoms with Crippen LogP contribution in [0.2, 0.25) is 0 Å². The molecule has 1 unspecified atom stereocenters. The second-order valence-corrected chi connectivity index (χ2v) is 4.26. The molecule has 0 saturated carbocycles. The van der Waals surface area contributed by atoms with Crippen LogP contribution in [0.1, 0.15) is 24.3 Å². The van der Waals surface area contributed by atoms with Crippen LogP contribution in [0.5, 0.6) is 5.75 Å². The molecular formula is C14H18N2O2. The van der Waals surface area contributed by atoms with E-state index in [9.17, 15) is 5.11 Å². The Balaban J connectivity index is 1.96. The molecule has 0 aliphatic rings. The van der Waals surface area contributed by atoms with Crippen molar-refractivity contribution in [2.45, 2.75) is 19.4 Å². The van der Waals surface area contributed by atoms with Gasteiger partial charge in [-0.1, -0.05) is 18.2 Å². The van der Waals surface area contributed by atoms with Crippen LogP contribution in [0.25, 0.3) is 0 Å². The van der Waals surface area contributed by atoms with E-state index in [1.54, 1.807) is 13.1 Å². The molecule has 2 rings (SSSR count). The lowest BCUT2D eigenvalue weighted by atomic mass is 10.1. The molecule has 0 saturated heterocycles. The van der Waals surface area contributed by atoms with E-state index in [4.69, 9.17) is 4.74 Å². The summed E-state index contributed by atoms with van der Waals surface area (Å²) in [5, 5.41) is 13.7. The number of aromatic nitrogens is 2. The van der Waals surface area contributed by atoms with Gasteiger partial charge in [-0.25, -0.2) is 0 Å². The van der Waals surface area contributed by atoms with Crippen molar-refractivity contribution in [1.82, 2.24) is 9.78 Å². The molecular weight excluding hydrogens is 228 g/mol. The van der Waals surface area contributed by atoms with Gasteiger partial charge < -0.3 is 9.84 Å². The van der Waals surface area contributed by atoms with E-state index >= 15 is 0 Å². The van der Waals surface area contributed by atoms with Crippen molar-refractivity contribution in [2.24, 2.45) is 7.05 Å². The Bertz CT molecular complexity index is 506. The highest BCUT2D eigenvalue weighted by Gasteiger charge is 2.08. The molecule has 1 aromatic heterocycles. The fourth-order valence-corrected chi connectivity index (χ4v) is 1.87. The lowest BCUT2D eigenvalue weighted by Crippen LogP contribution is -2.07. The van der Waals surface area contributed by atoms with Crippen LogP contribution >= 0.6 is 0 Å². The van der Waals surface area contributed by atoms with Crippen LogP contribution in [-0.4, -0.2) is 21.5 Å². The zero-order chi connectivity index (χ0) is 13.0. The Morgan fingerprint density at radius 2 is 2.11 bits per heavy atom. The molecule has 4 nitrogen and oxygen atoms in total. The molecule has 0 spiro atoms. The summed E-state index contributed by atoms with van der Waals surface area (Å²) in [7, 11) is 1.92. The normalized spacial score (nSPS) is 12.4. The van der Waals surface area contributed by atoms with E-state index in [0.717, 1.165) is 23.4 Å². The number of benzene rings is 1. The zero-order valence-corrected chi connectivity index (χ0v) is 10.7. The summed E-state index contributed by atoms with van der Waals surface area (Å²) in [5.74, 6) is 0.745. The van der Waals surface area contributed by atoms with Gasteiger partial charge in [0.05, 0.1) is 12.7 Å². The molecule has 0 amide bonds. The summed E-state index contributed by atoms with van der Waals surface area (Å²) in [5.41, 5.74) is 1.95. The van der Waals surface area contributed by atoms with Crippen molar-refractivity contribution in [3.63, 3.8) is 0 Å². The highest BCUT2D eigenvalue weighted by molar-refractivity contribution is 5.34. The predicted octanol–water partition coefficient (Wildman–Crippen LogP) is 2.09. The number of nitrogens with zero attached hydrogens (tertiary/aromatic N) is 2. The highest BCUT2D eigenvalue weighted by Crippen LogP contribution is 2.24. The van der Waals surface area contributed by atoms with Gasteiger partial charge in [-0.15, -0.1) is 0 Å². The standard InChI is InChI=1S/C14H18N2O2/c1-11(17)13-5-3-4-6-14(13)18-10-8-12-7-9-15-16(12)2/h3-7,9,11,17H,8,10H2,1-2H3. The van der Waals surface area contributed by atoms with Crippen molar-refractivity contribution < 1.29 is 9.84 Å². The SMILES string of the molecule is CC(O)c1ccccc1OCCc1ccnn1C. The summed E-state index contributed by atoms with van der Waals surface area (Å²) >= 11 is 0. The maximum atomic E-state index is 9.64. The first-order valence-corrected chi connectivity index (χ1v) is 6.05. The van der Waals surface area contributed by atoms with Gasteiger partial charge in [-0.3, -0.25) is 4.68 Å². The lowest BCUT2D eigenvalue weighted by molar-refractivity contribution is 0.191. The number of hydrogen-bond donors (Lipinski definition) is 1. The Labute approximate surface area is 107 Å². The van der Waals surface area contributed by atoms with Crippen molar-refractivity contribution in [3.8, 4) is 5.75 Å². The van der Waals surface area contributed by atoms with Gasteiger partial charge in [-0.2, -0.15) is 5.10 Å². The van der Waals surface area contributed by atoms with E-state index in [-0.39, 0.29) is 0 Å². The third-order valence-corrected chi connectivity index (χ3v) is 2.91. The fourth-order valence-electron chi connectivity index (χ4n) is 1.87. The van der Waals surface area contributed by atoms with Gasteiger partial charge >= 0.3 is 0 Å². The van der Waals surface area contributed by atoms with Crippen molar-refractivity contribution >= 4 is 0 Å². The van der Waals surface area contributed by atoms with E-state index in [2.05, 4.69) is 5.10 Å². The molecule has 18 heavy (non-hydrogen) atoms. The van der Waals surface area contributed by atoms with Crippen molar-refractivity contribution in [3.05, 3.63) is 47.8 Å². The second kappa shape index (κ2) is 5.69. The van der Waals surface area contributed by atoms with Crippen LogP contribution in [0.4, 0.5) is 0 Å². The molecule has 2 aromatic rings. The summed E-state index contributed by atoms with van der Waals surface area (Å²) in [4.78, 5) is 0. The monoisotopic (exact) mass is 246 g/mol. The Morgan fingerprint density at radius 1 is 1.33 bits per heavy atom. The molecule has 96 valence electrons. The average molecular weight is 246 g/mol. The van der Waals surface area contributed by atoms with Gasteiger partial charge in [0.2, 0.25) is 0 Å². The summed E-state index contributed by atoms with van der Waals surface area (Å²) < 4.78 is 7.56. The summed E-state index contributed by atoms with van der Waals surface area (Å²) in [6.45, 7) is 2.31. The first kappa shape index (κ1) is 12.6. The molecule has 0 radical (unpaired) electrons. The second-order valence-electron chi connectivity index (χ2n) is 4.26. The Hall–Kier alpha value is -1.81. The average Bonchev–Trinajstić information content (AvgIpc) is 2.76. The van der Waals surface area contributed by atoms with Crippen LogP contribution in [0, 0.1) is 0 Å². The number of rotatable bonds is 5. The predicted molar refractivity (Wildman–Crippen MR) is 69.5 cm³/mol. The first-order valence-electron chi connectivity index (χ1n) is 6.05. The maximum Gasteiger partial charge on any atom is 0.125 e. The third-order valence-electron chi connectivity index (χ3n) is 2.91. The fraction of sp³-hybridized carbons (Fsp3) is 0.357. The van der Waals surface area contributed by atoms with Crippen LogP contribution in [0.15, 0.2) is 36.5 Å². The molecule has 0 aliphatic heterocycles. The topological polar surface area (TPSA) is 47.3 Å². The Kier molecular flexibility index (Phi) is 3.99. The first-order chi connectivity index (χ1) is 8.68. The molecule has 1 heterocycles. The minimum atomic E-state index is -0.516. The highest BCUT2D eigenvalue weighted by atomic mass is 16.5. The molecule has 1 atom stereocenters. The largest absolute Gasteiger partial charge is 0.493 e. The maximum absolute atomic E-state index is 9.64. The molecule has 1 aromatic carbocycles. The summed E-state index contributed by atoms with van der Waals surface area (Å²) in [6, 6.07) is 9.54. The van der Waals surface area contributed by atoms with Crippen LogP contribution in [0.3, 0.4) is 0 Å². The quantitative estimate of drug-likeness (QED) is 0.878. The van der Waals surface area contributed by atoms with Crippen molar-refractivity contribution in [1.29, 1.82) is 0 Å².